The molecule has 4 nitrogen and oxygen atoms in total. The zero-order valence-corrected chi connectivity index (χ0v) is 11.9. The lowest BCUT2D eigenvalue weighted by Crippen LogP contribution is -2.34. The Morgan fingerprint density at radius 2 is 2.11 bits per heavy atom. The zero-order valence-electron chi connectivity index (χ0n) is 11.9. The summed E-state index contributed by atoms with van der Waals surface area (Å²) in [4.78, 5) is 2.32. The fourth-order valence-corrected chi connectivity index (χ4v) is 2.80. The maximum absolute atomic E-state index is 9.51. The molecule has 1 aromatic rings. The Bertz CT molecular complexity index is 422. The van der Waals surface area contributed by atoms with Crippen molar-refractivity contribution in [1.82, 2.24) is 4.90 Å². The minimum Gasteiger partial charge on any atom is -0.497 e. The number of likely N-dealkylation sites (tertiary alicyclic amines) is 1. The summed E-state index contributed by atoms with van der Waals surface area (Å²) in [6.45, 7) is 4.22. The molecule has 1 aromatic carbocycles. The molecule has 0 amide bonds. The summed E-state index contributed by atoms with van der Waals surface area (Å²) in [5, 5.41) is 9.51. The van der Waals surface area contributed by atoms with E-state index in [-0.39, 0.29) is 12.6 Å². The molecule has 2 atom stereocenters. The maximum Gasteiger partial charge on any atom is 0.123 e. The van der Waals surface area contributed by atoms with Crippen LogP contribution in [-0.2, 0) is 6.54 Å². The summed E-state index contributed by atoms with van der Waals surface area (Å²) >= 11 is 0. The third kappa shape index (κ3) is 3.01. The van der Waals surface area contributed by atoms with Crippen LogP contribution in [-0.4, -0.2) is 43.4 Å². The molecule has 4 heteroatoms. The molecule has 2 rings (SSSR count). The van der Waals surface area contributed by atoms with Crippen molar-refractivity contribution in [2.75, 3.05) is 27.4 Å². The molecule has 1 aliphatic heterocycles. The quantitative estimate of drug-likeness (QED) is 0.883. The fraction of sp³-hybridized carbons (Fsp3) is 0.600. The van der Waals surface area contributed by atoms with Crippen LogP contribution < -0.4 is 9.47 Å². The fourth-order valence-electron chi connectivity index (χ4n) is 2.80. The predicted molar refractivity (Wildman–Crippen MR) is 74.6 cm³/mol. The van der Waals surface area contributed by atoms with Crippen LogP contribution >= 0.6 is 0 Å². The average Bonchev–Trinajstić information content (AvgIpc) is 2.79. The molecule has 106 valence electrons. The smallest absolute Gasteiger partial charge is 0.123 e. The number of benzene rings is 1. The van der Waals surface area contributed by atoms with Crippen LogP contribution in [0.5, 0.6) is 11.5 Å². The molecule has 0 aromatic heterocycles. The molecule has 1 N–H and O–H groups in total. The summed E-state index contributed by atoms with van der Waals surface area (Å²) in [6, 6.07) is 6.09. The van der Waals surface area contributed by atoms with E-state index in [1.165, 1.54) is 0 Å². The van der Waals surface area contributed by atoms with Crippen molar-refractivity contribution in [1.29, 1.82) is 0 Å². The molecular formula is C15H23NO3. The largest absolute Gasteiger partial charge is 0.497 e. The van der Waals surface area contributed by atoms with Crippen molar-refractivity contribution in [2.24, 2.45) is 5.92 Å². The molecule has 0 radical (unpaired) electrons. The van der Waals surface area contributed by atoms with Gasteiger partial charge in [-0.1, -0.05) is 6.92 Å². The Balaban J connectivity index is 2.17. The van der Waals surface area contributed by atoms with Crippen molar-refractivity contribution in [3.8, 4) is 11.5 Å². The first-order chi connectivity index (χ1) is 9.19. The van der Waals surface area contributed by atoms with E-state index in [0.717, 1.165) is 36.6 Å². The molecule has 19 heavy (non-hydrogen) atoms. The van der Waals surface area contributed by atoms with Gasteiger partial charge in [-0.2, -0.15) is 0 Å². The van der Waals surface area contributed by atoms with Crippen LogP contribution in [0.25, 0.3) is 0 Å². The van der Waals surface area contributed by atoms with Crippen LogP contribution in [0.3, 0.4) is 0 Å². The van der Waals surface area contributed by atoms with Gasteiger partial charge in [0.1, 0.15) is 11.5 Å². The van der Waals surface area contributed by atoms with Crippen molar-refractivity contribution < 1.29 is 14.6 Å². The summed E-state index contributed by atoms with van der Waals surface area (Å²) in [7, 11) is 3.35. The third-order valence-electron chi connectivity index (χ3n) is 4.05. The number of hydrogen-bond acceptors (Lipinski definition) is 4. The highest BCUT2D eigenvalue weighted by molar-refractivity contribution is 5.40. The number of ether oxygens (including phenoxy) is 2. The van der Waals surface area contributed by atoms with Crippen molar-refractivity contribution in [3.63, 3.8) is 0 Å². The average molecular weight is 265 g/mol. The lowest BCUT2D eigenvalue weighted by molar-refractivity contribution is 0.133. The van der Waals surface area contributed by atoms with Gasteiger partial charge in [0.15, 0.2) is 0 Å². The maximum atomic E-state index is 9.51. The number of aliphatic hydroxyl groups is 1. The second-order valence-electron chi connectivity index (χ2n) is 5.16. The summed E-state index contributed by atoms with van der Waals surface area (Å²) in [5.41, 5.74) is 1.11. The van der Waals surface area contributed by atoms with Gasteiger partial charge in [0.25, 0.3) is 0 Å². The summed E-state index contributed by atoms with van der Waals surface area (Å²) in [5.74, 6) is 2.25. The van der Waals surface area contributed by atoms with Gasteiger partial charge in [-0.25, -0.2) is 0 Å². The van der Waals surface area contributed by atoms with E-state index in [1.54, 1.807) is 14.2 Å². The van der Waals surface area contributed by atoms with Crippen LogP contribution in [0.1, 0.15) is 18.9 Å². The Morgan fingerprint density at radius 3 is 2.74 bits per heavy atom. The molecule has 1 fully saturated rings. The van der Waals surface area contributed by atoms with Gasteiger partial charge in [-0.15, -0.1) is 0 Å². The van der Waals surface area contributed by atoms with Gasteiger partial charge in [-0.05, 0) is 37.1 Å². The molecular weight excluding hydrogens is 242 g/mol. The van der Waals surface area contributed by atoms with Gasteiger partial charge in [-0.3, -0.25) is 4.90 Å². The Kier molecular flexibility index (Phi) is 4.66. The van der Waals surface area contributed by atoms with Crippen molar-refractivity contribution in [3.05, 3.63) is 23.8 Å². The predicted octanol–water partition coefficient (Wildman–Crippen LogP) is 1.91. The van der Waals surface area contributed by atoms with Crippen molar-refractivity contribution in [2.45, 2.75) is 25.9 Å². The molecule has 0 bridgehead atoms. The lowest BCUT2D eigenvalue weighted by Gasteiger charge is -2.25. The van der Waals surface area contributed by atoms with Gasteiger partial charge >= 0.3 is 0 Å². The number of methoxy groups -OCH3 is 2. The van der Waals surface area contributed by atoms with Gasteiger partial charge in [0.05, 0.1) is 20.8 Å². The Labute approximate surface area is 114 Å². The second kappa shape index (κ2) is 6.26. The van der Waals surface area contributed by atoms with E-state index in [9.17, 15) is 5.11 Å². The first-order valence-corrected chi connectivity index (χ1v) is 6.75. The van der Waals surface area contributed by atoms with E-state index in [4.69, 9.17) is 9.47 Å². The molecule has 1 aliphatic rings. The van der Waals surface area contributed by atoms with Gasteiger partial charge < -0.3 is 14.6 Å². The topological polar surface area (TPSA) is 41.9 Å². The highest BCUT2D eigenvalue weighted by atomic mass is 16.5. The Hall–Kier alpha value is -1.26. The molecule has 0 saturated carbocycles. The van der Waals surface area contributed by atoms with Gasteiger partial charge in [0.2, 0.25) is 0 Å². The van der Waals surface area contributed by atoms with Gasteiger partial charge in [0, 0.05) is 18.2 Å². The number of hydrogen-bond donors (Lipinski definition) is 1. The van der Waals surface area contributed by atoms with Crippen LogP contribution in [0.4, 0.5) is 0 Å². The minimum absolute atomic E-state index is 0.216. The highest BCUT2D eigenvalue weighted by Crippen LogP contribution is 2.30. The first-order valence-electron chi connectivity index (χ1n) is 6.75. The SMILES string of the molecule is COc1ccc(OC)c(CN2CCC(C)C2CO)c1. The summed E-state index contributed by atoms with van der Waals surface area (Å²) < 4.78 is 10.7. The Morgan fingerprint density at radius 1 is 1.32 bits per heavy atom. The number of nitrogens with zero attached hydrogens (tertiary/aromatic N) is 1. The molecule has 2 unspecified atom stereocenters. The minimum atomic E-state index is 0.216. The highest BCUT2D eigenvalue weighted by Gasteiger charge is 2.30. The third-order valence-corrected chi connectivity index (χ3v) is 4.05. The van der Waals surface area contributed by atoms with Crippen molar-refractivity contribution >= 4 is 0 Å². The second-order valence-corrected chi connectivity index (χ2v) is 5.16. The molecule has 1 heterocycles. The van der Waals surface area contributed by atoms with Crippen LogP contribution in [0, 0.1) is 5.92 Å². The van der Waals surface area contributed by atoms with E-state index in [2.05, 4.69) is 11.8 Å². The van der Waals surface area contributed by atoms with E-state index < -0.39 is 0 Å². The molecule has 0 aliphatic carbocycles. The monoisotopic (exact) mass is 265 g/mol. The normalized spacial score (nSPS) is 23.6. The van der Waals surface area contributed by atoms with E-state index in [1.807, 2.05) is 18.2 Å². The molecule has 0 spiro atoms. The summed E-state index contributed by atoms with van der Waals surface area (Å²) in [6.07, 6.45) is 1.14. The van der Waals surface area contributed by atoms with E-state index in [0.29, 0.717) is 5.92 Å². The van der Waals surface area contributed by atoms with Crippen LogP contribution in [0.15, 0.2) is 18.2 Å². The van der Waals surface area contributed by atoms with E-state index >= 15 is 0 Å². The zero-order chi connectivity index (χ0) is 13.8. The van der Waals surface area contributed by atoms with Crippen LogP contribution in [0.2, 0.25) is 0 Å². The first kappa shape index (κ1) is 14.2. The number of rotatable bonds is 5. The molecule has 1 saturated heterocycles. The number of aliphatic hydroxyl groups excluding tert-OH is 1. The standard InChI is InChI=1S/C15H23NO3/c1-11-6-7-16(14(11)10-17)9-12-8-13(18-2)4-5-15(12)19-3/h4-5,8,11,14,17H,6-7,9-10H2,1-3H3. The lowest BCUT2D eigenvalue weighted by atomic mass is 10.0.